The highest BCUT2D eigenvalue weighted by atomic mass is 16.5. The highest BCUT2D eigenvalue weighted by Gasteiger charge is 2.18. The summed E-state index contributed by atoms with van der Waals surface area (Å²) in [6, 6.07) is 2.99. The zero-order valence-corrected chi connectivity index (χ0v) is 12.6. The fraction of sp³-hybridized carbons (Fsp3) is 0.312. The summed E-state index contributed by atoms with van der Waals surface area (Å²) in [5.74, 6) is 1.24. The van der Waals surface area contributed by atoms with Crippen LogP contribution in [-0.2, 0) is 0 Å². The van der Waals surface area contributed by atoms with E-state index in [1.165, 1.54) is 26.5 Å². The maximum atomic E-state index is 12.1. The van der Waals surface area contributed by atoms with Crippen molar-refractivity contribution in [2.45, 2.75) is 13.8 Å². The van der Waals surface area contributed by atoms with Crippen LogP contribution < -0.4 is 19.6 Å². The summed E-state index contributed by atoms with van der Waals surface area (Å²) in [4.78, 5) is 12.1. The molecule has 5 heteroatoms. The van der Waals surface area contributed by atoms with E-state index in [2.05, 4.69) is 0 Å². The topological polar surface area (TPSA) is 57.9 Å². The lowest BCUT2D eigenvalue weighted by Gasteiger charge is -2.13. The molecule has 0 aliphatic rings. The molecule has 0 aliphatic carbocycles. The van der Waals surface area contributed by atoms with E-state index >= 15 is 0 Å². The van der Waals surface area contributed by atoms with Crippen LogP contribution in [0, 0.1) is 0 Å². The molecule has 0 unspecified atom stereocenters. The van der Waals surface area contributed by atoms with E-state index in [-0.39, 0.29) is 5.43 Å². The molecular formula is C16H18O5. The Balaban J connectivity index is 2.63. The van der Waals surface area contributed by atoms with Gasteiger partial charge in [0, 0.05) is 12.1 Å². The Kier molecular flexibility index (Phi) is 4.52. The fourth-order valence-electron chi connectivity index (χ4n) is 1.94. The Morgan fingerprint density at radius 1 is 1.24 bits per heavy atom. The minimum Gasteiger partial charge on any atom is -0.493 e. The minimum atomic E-state index is -0.190. The second-order valence-corrected chi connectivity index (χ2v) is 4.69. The second kappa shape index (κ2) is 6.35. The van der Waals surface area contributed by atoms with Crippen LogP contribution >= 0.6 is 0 Å². The van der Waals surface area contributed by atoms with Crippen LogP contribution in [-0.4, -0.2) is 20.8 Å². The number of methoxy groups -OCH3 is 2. The van der Waals surface area contributed by atoms with Gasteiger partial charge in [0.15, 0.2) is 16.8 Å². The molecule has 1 heterocycles. The predicted molar refractivity (Wildman–Crippen MR) is 80.5 cm³/mol. The fourth-order valence-corrected chi connectivity index (χ4v) is 1.94. The van der Waals surface area contributed by atoms with Crippen molar-refractivity contribution in [1.29, 1.82) is 0 Å². The van der Waals surface area contributed by atoms with E-state index in [1.807, 2.05) is 19.9 Å². The quantitative estimate of drug-likeness (QED) is 0.792. The van der Waals surface area contributed by atoms with Crippen LogP contribution in [0.4, 0.5) is 0 Å². The van der Waals surface area contributed by atoms with Gasteiger partial charge in [-0.15, -0.1) is 0 Å². The molecule has 1 aromatic heterocycles. The highest BCUT2D eigenvalue weighted by molar-refractivity contribution is 5.90. The molecule has 0 spiro atoms. The van der Waals surface area contributed by atoms with E-state index in [9.17, 15) is 4.79 Å². The molecule has 5 nitrogen and oxygen atoms in total. The van der Waals surface area contributed by atoms with Gasteiger partial charge >= 0.3 is 0 Å². The predicted octanol–water partition coefficient (Wildman–Crippen LogP) is 3.16. The monoisotopic (exact) mass is 290 g/mol. The lowest BCUT2D eigenvalue weighted by molar-refractivity contribution is 0.339. The van der Waals surface area contributed by atoms with Crippen molar-refractivity contribution < 1.29 is 18.6 Å². The van der Waals surface area contributed by atoms with Crippen LogP contribution in [0.1, 0.15) is 13.8 Å². The first-order valence-corrected chi connectivity index (χ1v) is 6.51. The van der Waals surface area contributed by atoms with Crippen LogP contribution in [0.15, 0.2) is 39.3 Å². The zero-order valence-electron chi connectivity index (χ0n) is 12.6. The summed E-state index contributed by atoms with van der Waals surface area (Å²) in [5, 5.41) is 0.345. The summed E-state index contributed by atoms with van der Waals surface area (Å²) in [6.45, 7) is 4.32. The van der Waals surface area contributed by atoms with E-state index < -0.39 is 0 Å². The molecule has 0 aliphatic heterocycles. The third-order valence-electron chi connectivity index (χ3n) is 2.97. The molecule has 1 aromatic carbocycles. The maximum absolute atomic E-state index is 12.1. The van der Waals surface area contributed by atoms with Gasteiger partial charge in [0.1, 0.15) is 17.7 Å². The first-order chi connectivity index (χ1) is 10.1. The minimum absolute atomic E-state index is 0.190. The molecule has 0 saturated carbocycles. The van der Waals surface area contributed by atoms with Gasteiger partial charge in [0.25, 0.3) is 0 Å². The van der Waals surface area contributed by atoms with Gasteiger partial charge in [-0.2, -0.15) is 0 Å². The molecule has 2 aromatic rings. The molecule has 112 valence electrons. The van der Waals surface area contributed by atoms with Crippen LogP contribution in [0.2, 0.25) is 0 Å². The number of fused-ring (bicyclic) bond motifs is 1. The number of ether oxygens (including phenoxy) is 3. The lowest BCUT2D eigenvalue weighted by Crippen LogP contribution is -2.05. The Morgan fingerprint density at radius 2 is 2.00 bits per heavy atom. The average Bonchev–Trinajstić information content (AvgIpc) is 2.46. The molecule has 21 heavy (non-hydrogen) atoms. The number of allylic oxidation sites excluding steroid dienone is 1. The summed E-state index contributed by atoms with van der Waals surface area (Å²) >= 11 is 0. The van der Waals surface area contributed by atoms with E-state index in [4.69, 9.17) is 18.6 Å². The van der Waals surface area contributed by atoms with Crippen molar-refractivity contribution >= 4 is 11.0 Å². The smallest absolute Gasteiger partial charge is 0.204 e. The molecule has 0 saturated heterocycles. The van der Waals surface area contributed by atoms with E-state index in [0.717, 1.165) is 5.57 Å². The number of benzene rings is 1. The summed E-state index contributed by atoms with van der Waals surface area (Å²) in [7, 11) is 3.01. The van der Waals surface area contributed by atoms with Gasteiger partial charge in [0.2, 0.25) is 5.75 Å². The summed E-state index contributed by atoms with van der Waals surface area (Å²) in [5.41, 5.74) is 1.26. The number of rotatable bonds is 5. The number of hydrogen-bond donors (Lipinski definition) is 0. The normalized spacial score (nSPS) is 10.3. The van der Waals surface area contributed by atoms with Crippen molar-refractivity contribution in [2.24, 2.45) is 0 Å². The van der Waals surface area contributed by atoms with Crippen molar-refractivity contribution in [2.75, 3.05) is 20.8 Å². The average molecular weight is 290 g/mol. The Bertz CT molecular complexity index is 723. The first kappa shape index (κ1) is 15.0. The highest BCUT2D eigenvalue weighted by Crippen LogP contribution is 2.39. The summed E-state index contributed by atoms with van der Waals surface area (Å²) < 4.78 is 21.7. The van der Waals surface area contributed by atoms with Gasteiger partial charge < -0.3 is 18.6 Å². The standard InChI is InChI=1S/C16H18O5/c1-10(2)5-7-20-12-9-13(18-3)15(19-4)16-14(12)11(17)6-8-21-16/h5-6,8-9H,7H2,1-4H3. The van der Waals surface area contributed by atoms with Crippen LogP contribution in [0.5, 0.6) is 17.2 Å². The van der Waals surface area contributed by atoms with Gasteiger partial charge in [-0.3, -0.25) is 4.79 Å². The lowest BCUT2D eigenvalue weighted by atomic mass is 10.2. The Morgan fingerprint density at radius 3 is 2.62 bits per heavy atom. The third kappa shape index (κ3) is 3.02. The van der Waals surface area contributed by atoms with Gasteiger partial charge in [0.05, 0.1) is 20.5 Å². The first-order valence-electron chi connectivity index (χ1n) is 6.51. The zero-order chi connectivity index (χ0) is 15.4. The maximum Gasteiger partial charge on any atom is 0.204 e. The van der Waals surface area contributed by atoms with E-state index in [0.29, 0.717) is 34.8 Å². The van der Waals surface area contributed by atoms with Crippen LogP contribution in [0.25, 0.3) is 11.0 Å². The third-order valence-corrected chi connectivity index (χ3v) is 2.97. The van der Waals surface area contributed by atoms with Crippen molar-refractivity contribution in [3.63, 3.8) is 0 Å². The van der Waals surface area contributed by atoms with Crippen molar-refractivity contribution in [3.8, 4) is 17.2 Å². The molecule has 0 amide bonds. The molecule has 0 bridgehead atoms. The molecular weight excluding hydrogens is 272 g/mol. The molecule has 0 fully saturated rings. The molecule has 0 radical (unpaired) electrons. The largest absolute Gasteiger partial charge is 0.493 e. The van der Waals surface area contributed by atoms with Crippen molar-refractivity contribution in [1.82, 2.24) is 0 Å². The number of hydrogen-bond acceptors (Lipinski definition) is 5. The van der Waals surface area contributed by atoms with Crippen LogP contribution in [0.3, 0.4) is 0 Å². The Labute approximate surface area is 122 Å². The molecule has 0 N–H and O–H groups in total. The SMILES string of the molecule is COc1cc(OCC=C(C)C)c2c(=O)ccoc2c1OC. The second-order valence-electron chi connectivity index (χ2n) is 4.69. The van der Waals surface area contributed by atoms with Gasteiger partial charge in [-0.05, 0) is 19.9 Å². The molecule has 2 rings (SSSR count). The van der Waals surface area contributed by atoms with Crippen molar-refractivity contribution in [3.05, 3.63) is 40.3 Å². The Hall–Kier alpha value is -2.43. The van der Waals surface area contributed by atoms with E-state index in [1.54, 1.807) is 6.07 Å². The van der Waals surface area contributed by atoms with Gasteiger partial charge in [-0.25, -0.2) is 0 Å². The van der Waals surface area contributed by atoms with Gasteiger partial charge in [-0.1, -0.05) is 5.57 Å². The molecule has 0 atom stereocenters. The summed E-state index contributed by atoms with van der Waals surface area (Å²) in [6.07, 6.45) is 3.25.